The molecule has 0 saturated carbocycles. The van der Waals surface area contributed by atoms with Crippen LogP contribution in [-0.2, 0) is 0 Å². The molecule has 2 N–H and O–H groups in total. The van der Waals surface area contributed by atoms with Crippen molar-refractivity contribution < 1.29 is 9.53 Å². The Labute approximate surface area is 96.6 Å². The van der Waals surface area contributed by atoms with Crippen LogP contribution in [0.1, 0.15) is 37.6 Å². The maximum Gasteiger partial charge on any atom is 0.182 e. The van der Waals surface area contributed by atoms with Crippen LogP contribution in [0.25, 0.3) is 0 Å². The highest BCUT2D eigenvalue weighted by Gasteiger charge is 2.27. The quantitative estimate of drug-likeness (QED) is 0.777. The molecule has 0 aromatic heterocycles. The molecule has 1 atom stereocenters. The van der Waals surface area contributed by atoms with Crippen molar-refractivity contribution in [3.63, 3.8) is 0 Å². The average Bonchev–Trinajstić information content (AvgIpc) is 2.29. The van der Waals surface area contributed by atoms with E-state index in [0.717, 1.165) is 0 Å². The molecule has 3 nitrogen and oxygen atoms in total. The highest BCUT2D eigenvalue weighted by Crippen LogP contribution is 2.19. The van der Waals surface area contributed by atoms with E-state index in [9.17, 15) is 4.79 Å². The summed E-state index contributed by atoms with van der Waals surface area (Å²) in [4.78, 5) is 12.1. The van der Waals surface area contributed by atoms with Crippen molar-refractivity contribution in [1.82, 2.24) is 0 Å². The molecule has 0 aliphatic carbocycles. The van der Waals surface area contributed by atoms with Gasteiger partial charge >= 0.3 is 0 Å². The SMILES string of the molecule is CCOc1cccc(C(=O)C(C)(N)CC)c1. The summed E-state index contributed by atoms with van der Waals surface area (Å²) in [5.74, 6) is 0.664. The molecular weight excluding hydrogens is 202 g/mol. The van der Waals surface area contributed by atoms with E-state index in [1.807, 2.05) is 26.0 Å². The maximum absolute atomic E-state index is 12.1. The Bertz CT molecular complexity index is 372. The molecule has 1 aromatic rings. The Balaban J connectivity index is 2.96. The molecule has 1 aromatic carbocycles. The number of rotatable bonds is 5. The van der Waals surface area contributed by atoms with Crippen molar-refractivity contribution in [2.24, 2.45) is 5.73 Å². The number of nitrogens with two attached hydrogens (primary N) is 1. The highest BCUT2D eigenvalue weighted by atomic mass is 16.5. The first-order valence-electron chi connectivity index (χ1n) is 5.57. The fourth-order valence-electron chi connectivity index (χ4n) is 1.38. The first-order valence-corrected chi connectivity index (χ1v) is 5.57. The van der Waals surface area contributed by atoms with Crippen LogP contribution in [0.15, 0.2) is 24.3 Å². The molecule has 0 fully saturated rings. The molecule has 1 rings (SSSR count). The zero-order valence-electron chi connectivity index (χ0n) is 10.1. The topological polar surface area (TPSA) is 52.3 Å². The molecule has 0 aliphatic rings. The first kappa shape index (κ1) is 12.7. The van der Waals surface area contributed by atoms with Crippen molar-refractivity contribution >= 4 is 5.78 Å². The fraction of sp³-hybridized carbons (Fsp3) is 0.462. The van der Waals surface area contributed by atoms with Crippen LogP contribution in [0, 0.1) is 0 Å². The minimum absolute atomic E-state index is 0.0449. The van der Waals surface area contributed by atoms with Crippen molar-refractivity contribution in [2.45, 2.75) is 32.7 Å². The number of carbonyl (C=O) groups excluding carboxylic acids is 1. The van der Waals surface area contributed by atoms with Gasteiger partial charge < -0.3 is 10.5 Å². The summed E-state index contributed by atoms with van der Waals surface area (Å²) in [6, 6.07) is 7.16. The summed E-state index contributed by atoms with van der Waals surface area (Å²) in [7, 11) is 0. The Kier molecular flexibility index (Phi) is 4.07. The van der Waals surface area contributed by atoms with Crippen LogP contribution >= 0.6 is 0 Å². The summed E-state index contributed by atoms with van der Waals surface area (Å²) in [6.07, 6.45) is 0.616. The van der Waals surface area contributed by atoms with Crippen LogP contribution in [-0.4, -0.2) is 17.9 Å². The monoisotopic (exact) mass is 221 g/mol. The molecule has 16 heavy (non-hydrogen) atoms. The third kappa shape index (κ3) is 2.83. The average molecular weight is 221 g/mol. The van der Waals surface area contributed by atoms with Crippen molar-refractivity contribution in [3.05, 3.63) is 29.8 Å². The smallest absolute Gasteiger partial charge is 0.182 e. The van der Waals surface area contributed by atoms with E-state index in [2.05, 4.69) is 0 Å². The molecule has 0 spiro atoms. The molecule has 1 unspecified atom stereocenters. The van der Waals surface area contributed by atoms with Gasteiger partial charge in [0.25, 0.3) is 0 Å². The molecule has 0 radical (unpaired) electrons. The van der Waals surface area contributed by atoms with Crippen LogP contribution in [0.5, 0.6) is 5.75 Å². The van der Waals surface area contributed by atoms with E-state index in [1.165, 1.54) is 0 Å². The van der Waals surface area contributed by atoms with Crippen LogP contribution in [0.4, 0.5) is 0 Å². The maximum atomic E-state index is 12.1. The van der Waals surface area contributed by atoms with E-state index in [4.69, 9.17) is 10.5 Å². The fourth-order valence-corrected chi connectivity index (χ4v) is 1.38. The number of carbonyl (C=O) groups is 1. The van der Waals surface area contributed by atoms with Crippen LogP contribution < -0.4 is 10.5 Å². The molecule has 0 amide bonds. The van der Waals surface area contributed by atoms with Gasteiger partial charge in [-0.3, -0.25) is 4.79 Å². The predicted molar refractivity (Wildman–Crippen MR) is 64.8 cm³/mol. The lowest BCUT2D eigenvalue weighted by Gasteiger charge is -2.21. The van der Waals surface area contributed by atoms with Crippen LogP contribution in [0.2, 0.25) is 0 Å². The van der Waals surface area contributed by atoms with Crippen LogP contribution in [0.3, 0.4) is 0 Å². The molecular formula is C13H19NO2. The second-order valence-electron chi connectivity index (χ2n) is 4.06. The van der Waals surface area contributed by atoms with Gasteiger partial charge in [0.1, 0.15) is 5.75 Å². The summed E-state index contributed by atoms with van der Waals surface area (Å²) in [6.45, 7) is 6.16. The van der Waals surface area contributed by atoms with E-state index in [-0.39, 0.29) is 5.78 Å². The third-order valence-electron chi connectivity index (χ3n) is 2.66. The second kappa shape index (κ2) is 5.12. The first-order chi connectivity index (χ1) is 7.51. The van der Waals surface area contributed by atoms with E-state index < -0.39 is 5.54 Å². The minimum Gasteiger partial charge on any atom is -0.494 e. The van der Waals surface area contributed by atoms with E-state index in [0.29, 0.717) is 24.3 Å². The molecule has 3 heteroatoms. The second-order valence-corrected chi connectivity index (χ2v) is 4.06. The zero-order chi connectivity index (χ0) is 12.2. The molecule has 88 valence electrons. The van der Waals surface area contributed by atoms with Crippen molar-refractivity contribution in [3.8, 4) is 5.75 Å². The Hall–Kier alpha value is -1.35. The lowest BCUT2D eigenvalue weighted by Crippen LogP contribution is -2.44. The molecule has 0 saturated heterocycles. The number of ether oxygens (including phenoxy) is 1. The van der Waals surface area contributed by atoms with Gasteiger partial charge in [-0.1, -0.05) is 19.1 Å². The minimum atomic E-state index is -0.801. The van der Waals surface area contributed by atoms with Gasteiger partial charge in [0, 0.05) is 5.56 Å². The lowest BCUT2D eigenvalue weighted by atomic mass is 9.90. The predicted octanol–water partition coefficient (Wildman–Crippen LogP) is 2.40. The Morgan fingerprint density at radius 2 is 2.12 bits per heavy atom. The third-order valence-corrected chi connectivity index (χ3v) is 2.66. The van der Waals surface area contributed by atoms with Gasteiger partial charge in [0.2, 0.25) is 0 Å². The van der Waals surface area contributed by atoms with Crippen molar-refractivity contribution in [2.75, 3.05) is 6.61 Å². The van der Waals surface area contributed by atoms with Gasteiger partial charge in [0.15, 0.2) is 5.78 Å². The molecule has 0 aliphatic heterocycles. The Morgan fingerprint density at radius 1 is 1.44 bits per heavy atom. The number of Topliss-reactive ketones (excluding diaryl/α,β-unsaturated/α-hetero) is 1. The van der Waals surface area contributed by atoms with E-state index in [1.54, 1.807) is 19.1 Å². The number of hydrogen-bond donors (Lipinski definition) is 1. The van der Waals surface area contributed by atoms with Gasteiger partial charge in [0.05, 0.1) is 12.1 Å². The van der Waals surface area contributed by atoms with Gasteiger partial charge in [-0.25, -0.2) is 0 Å². The summed E-state index contributed by atoms with van der Waals surface area (Å²) in [5.41, 5.74) is 5.73. The summed E-state index contributed by atoms with van der Waals surface area (Å²) < 4.78 is 5.35. The lowest BCUT2D eigenvalue weighted by molar-refractivity contribution is 0.0897. The summed E-state index contributed by atoms with van der Waals surface area (Å²) in [5, 5.41) is 0. The number of benzene rings is 1. The zero-order valence-corrected chi connectivity index (χ0v) is 10.1. The standard InChI is InChI=1S/C13H19NO2/c1-4-13(3,14)12(15)10-7-6-8-11(9-10)16-5-2/h6-9H,4-5,14H2,1-3H3. The Morgan fingerprint density at radius 3 is 2.69 bits per heavy atom. The number of ketones is 1. The normalized spacial score (nSPS) is 14.2. The molecule has 0 heterocycles. The summed E-state index contributed by atoms with van der Waals surface area (Å²) >= 11 is 0. The van der Waals surface area contributed by atoms with Gasteiger partial charge in [-0.15, -0.1) is 0 Å². The highest BCUT2D eigenvalue weighted by molar-refractivity contribution is 6.03. The molecule has 0 bridgehead atoms. The van der Waals surface area contributed by atoms with Crippen molar-refractivity contribution in [1.29, 1.82) is 0 Å². The van der Waals surface area contributed by atoms with Gasteiger partial charge in [-0.05, 0) is 32.4 Å². The van der Waals surface area contributed by atoms with E-state index >= 15 is 0 Å². The largest absolute Gasteiger partial charge is 0.494 e. The van der Waals surface area contributed by atoms with Gasteiger partial charge in [-0.2, -0.15) is 0 Å². The number of hydrogen-bond acceptors (Lipinski definition) is 3.